The van der Waals surface area contributed by atoms with E-state index in [1.807, 2.05) is 0 Å². The fraction of sp³-hybridized carbons (Fsp3) is 0.586. The van der Waals surface area contributed by atoms with Gasteiger partial charge in [0.1, 0.15) is 16.8 Å². The molecule has 0 aromatic carbocycles. The van der Waals surface area contributed by atoms with E-state index in [2.05, 4.69) is 0 Å². The molecule has 2 aliphatic rings. The summed E-state index contributed by atoms with van der Waals surface area (Å²) >= 11 is 0.997. The zero-order valence-corrected chi connectivity index (χ0v) is 34.8. The summed E-state index contributed by atoms with van der Waals surface area (Å²) in [6.07, 6.45) is -2.71. The summed E-state index contributed by atoms with van der Waals surface area (Å²) in [5.41, 5.74) is 0.170. The van der Waals surface area contributed by atoms with E-state index in [9.17, 15) is 52.8 Å². The van der Waals surface area contributed by atoms with E-state index < -0.39 is 100 Å². The van der Waals surface area contributed by atoms with E-state index in [1.165, 1.54) is 23.6 Å². The molecule has 2 aliphatic heterocycles. The summed E-state index contributed by atoms with van der Waals surface area (Å²) in [5, 5.41) is 8.51. The molecular weight excluding hydrogens is 853 g/mol. The average molecular weight is 893 g/mol. The van der Waals surface area contributed by atoms with Crippen molar-refractivity contribution in [2.75, 3.05) is 26.7 Å². The van der Waals surface area contributed by atoms with E-state index >= 15 is 0 Å². The van der Waals surface area contributed by atoms with Gasteiger partial charge in [0.25, 0.3) is 0 Å². The molecule has 55 heavy (non-hydrogen) atoms. The second kappa shape index (κ2) is 17.0. The van der Waals surface area contributed by atoms with Crippen molar-refractivity contribution in [1.29, 1.82) is 0 Å². The van der Waals surface area contributed by atoms with Gasteiger partial charge in [0.2, 0.25) is 33.6 Å². The van der Waals surface area contributed by atoms with Gasteiger partial charge in [0.05, 0.1) is 22.6 Å². The van der Waals surface area contributed by atoms with Crippen molar-refractivity contribution in [3.8, 4) is 0 Å². The SMILES string of the molecule is CCN(C(=O)OCOC(=O)CCCC(=O)OCOC(=O)N(CC)[C@H]1C[C@H](C)S(=O)(=O)c2sc(S(N)(=O)=O)cc21)[C@H]1C[C@H](C)S(=O)(=O)c2sc(S(N)(=O)=O)cc21. The molecule has 4 N–H and O–H groups in total. The van der Waals surface area contributed by atoms with Gasteiger partial charge in [0.15, 0.2) is 19.7 Å². The minimum atomic E-state index is -4.23. The third kappa shape index (κ3) is 9.77. The third-order valence-corrected chi connectivity index (χ3v) is 19.5. The maximum atomic E-state index is 12.9. The zero-order chi connectivity index (χ0) is 41.3. The predicted molar refractivity (Wildman–Crippen MR) is 193 cm³/mol. The lowest BCUT2D eigenvalue weighted by atomic mass is 10.0. The lowest BCUT2D eigenvalue weighted by molar-refractivity contribution is -0.154. The summed E-state index contributed by atoms with van der Waals surface area (Å²) in [7, 11) is -16.2. The molecule has 20 nitrogen and oxygen atoms in total. The van der Waals surface area contributed by atoms with Crippen molar-refractivity contribution >= 4 is 86.5 Å². The highest BCUT2D eigenvalue weighted by atomic mass is 32.3. The van der Waals surface area contributed by atoms with Crippen LogP contribution in [0.4, 0.5) is 9.59 Å². The normalized spacial score (nSPS) is 21.3. The van der Waals surface area contributed by atoms with Gasteiger partial charge in [-0.05, 0) is 59.1 Å². The fourth-order valence-electron chi connectivity index (χ4n) is 5.94. The Labute approximate surface area is 325 Å². The van der Waals surface area contributed by atoms with Crippen LogP contribution in [0.5, 0.6) is 0 Å². The minimum absolute atomic E-state index is 0.0276. The molecule has 4 rings (SSSR count). The molecular formula is C29H40N4O16S6. The van der Waals surface area contributed by atoms with Crippen LogP contribution in [0.1, 0.15) is 83.0 Å². The maximum absolute atomic E-state index is 12.9. The van der Waals surface area contributed by atoms with Crippen molar-refractivity contribution in [3.63, 3.8) is 0 Å². The Balaban J connectivity index is 1.22. The molecule has 0 radical (unpaired) electrons. The molecule has 4 heterocycles. The van der Waals surface area contributed by atoms with Crippen LogP contribution >= 0.6 is 22.7 Å². The van der Waals surface area contributed by atoms with E-state index in [4.69, 9.17) is 29.2 Å². The molecule has 26 heteroatoms. The maximum Gasteiger partial charge on any atom is 0.413 e. The summed E-state index contributed by atoms with van der Waals surface area (Å²) in [4.78, 5) is 52.7. The summed E-state index contributed by atoms with van der Waals surface area (Å²) in [6, 6.07) is 0.492. The number of hydrogen-bond donors (Lipinski definition) is 2. The third-order valence-electron chi connectivity index (χ3n) is 8.84. The molecule has 0 spiro atoms. The standard InChI is InChI=1S/C29H40N4O16S6/c1-5-32(20-10-16(3)52(38,39)26-18(20)12-24(50-26)54(30,42)43)28(36)48-14-46-22(34)8-7-9-23(35)47-15-49-29(37)33(6-2)21-11-17(4)53(40,41)27-19(21)13-25(51-27)55(31,44)45/h12-13,16-17,20-21H,5-11,14-15H2,1-4H3,(H2,30,42,43)(H2,31,44,45)/t16-,17-,20-,21-/m0/s1. The first-order valence-electron chi connectivity index (χ1n) is 16.4. The largest absolute Gasteiger partial charge is 0.428 e. The smallest absolute Gasteiger partial charge is 0.413 e. The first kappa shape index (κ1) is 44.3. The van der Waals surface area contributed by atoms with Gasteiger partial charge in [-0.3, -0.25) is 9.59 Å². The summed E-state index contributed by atoms with van der Waals surface area (Å²) in [6.45, 7) is 4.46. The van der Waals surface area contributed by atoms with Gasteiger partial charge in [-0.15, -0.1) is 22.7 Å². The highest BCUT2D eigenvalue weighted by Crippen LogP contribution is 2.46. The van der Waals surface area contributed by atoms with Crippen molar-refractivity contribution in [2.24, 2.45) is 10.3 Å². The molecule has 0 fully saturated rings. The molecule has 0 aliphatic carbocycles. The fourth-order valence-corrected chi connectivity index (χ4v) is 14.7. The van der Waals surface area contributed by atoms with Crippen LogP contribution < -0.4 is 10.3 Å². The highest BCUT2D eigenvalue weighted by Gasteiger charge is 2.44. The number of fused-ring (bicyclic) bond motifs is 2. The Morgan fingerprint density at radius 3 is 1.35 bits per heavy atom. The number of ether oxygens (including phenoxy) is 4. The molecule has 2 aromatic rings. The predicted octanol–water partition coefficient (Wildman–Crippen LogP) is 2.11. The number of sulfone groups is 2. The van der Waals surface area contributed by atoms with Crippen molar-refractivity contribution < 1.29 is 71.8 Å². The van der Waals surface area contributed by atoms with Crippen molar-refractivity contribution in [1.82, 2.24) is 9.80 Å². The molecule has 2 amide bonds. The Morgan fingerprint density at radius 1 is 0.691 bits per heavy atom. The van der Waals surface area contributed by atoms with E-state index in [1.54, 1.807) is 13.8 Å². The number of nitrogens with zero attached hydrogens (tertiary/aromatic N) is 2. The van der Waals surface area contributed by atoms with Gasteiger partial charge in [0, 0.05) is 37.1 Å². The van der Waals surface area contributed by atoms with E-state index in [0.29, 0.717) is 22.7 Å². The van der Waals surface area contributed by atoms with Crippen LogP contribution in [-0.4, -0.2) is 105 Å². The molecule has 2 aromatic heterocycles. The number of carbonyl (C=O) groups excluding carboxylic acids is 4. The Kier molecular flexibility index (Phi) is 13.7. The minimum Gasteiger partial charge on any atom is -0.428 e. The van der Waals surface area contributed by atoms with Crippen LogP contribution in [0.25, 0.3) is 0 Å². The number of hydrogen-bond acceptors (Lipinski definition) is 18. The molecule has 0 saturated heterocycles. The van der Waals surface area contributed by atoms with Crippen molar-refractivity contribution in [2.45, 2.75) is 99.2 Å². The van der Waals surface area contributed by atoms with Gasteiger partial charge in [-0.25, -0.2) is 53.5 Å². The van der Waals surface area contributed by atoms with Gasteiger partial charge < -0.3 is 28.7 Å². The Morgan fingerprint density at radius 2 is 1.04 bits per heavy atom. The molecule has 0 bridgehead atoms. The van der Waals surface area contributed by atoms with E-state index in [0.717, 1.165) is 12.1 Å². The number of rotatable bonds is 14. The first-order valence-corrected chi connectivity index (χ1v) is 24.3. The lowest BCUT2D eigenvalue weighted by Crippen LogP contribution is -2.40. The second-order valence-electron chi connectivity index (χ2n) is 12.4. The van der Waals surface area contributed by atoms with Crippen LogP contribution in [0, 0.1) is 0 Å². The number of amides is 2. The Bertz CT molecular complexity index is 2110. The first-order chi connectivity index (χ1) is 25.4. The number of sulfonamides is 2. The van der Waals surface area contributed by atoms with Crippen LogP contribution in [0.15, 0.2) is 29.0 Å². The number of nitrogens with two attached hydrogens (primary N) is 2. The Hall–Kier alpha value is -3.40. The summed E-state index contributed by atoms with van der Waals surface area (Å²) < 4.78 is 118. The zero-order valence-electron chi connectivity index (χ0n) is 29.9. The molecule has 308 valence electrons. The van der Waals surface area contributed by atoms with Crippen molar-refractivity contribution in [3.05, 3.63) is 23.3 Å². The second-order valence-corrected chi connectivity index (χ2v) is 23.2. The number of esters is 2. The molecule has 4 atom stereocenters. The van der Waals surface area contributed by atoms with E-state index in [-0.39, 0.29) is 73.2 Å². The number of primary sulfonamides is 2. The topological polar surface area (TPSA) is 300 Å². The lowest BCUT2D eigenvalue weighted by Gasteiger charge is -2.35. The molecule has 0 unspecified atom stereocenters. The van der Waals surface area contributed by atoms with Crippen LogP contribution in [-0.2, 0) is 68.3 Å². The van der Waals surface area contributed by atoms with Crippen LogP contribution in [0.2, 0.25) is 0 Å². The summed E-state index contributed by atoms with van der Waals surface area (Å²) in [5.74, 6) is -1.68. The number of thiophene rings is 2. The monoisotopic (exact) mass is 892 g/mol. The van der Waals surface area contributed by atoms with Gasteiger partial charge in [-0.1, -0.05) is 0 Å². The van der Waals surface area contributed by atoms with Crippen LogP contribution in [0.3, 0.4) is 0 Å². The molecule has 0 saturated carbocycles. The highest BCUT2D eigenvalue weighted by molar-refractivity contribution is 7.96. The van der Waals surface area contributed by atoms with Gasteiger partial charge >= 0.3 is 24.1 Å². The quantitative estimate of drug-likeness (QED) is 0.203. The average Bonchev–Trinajstić information content (AvgIpc) is 3.75. The number of carbonyl (C=O) groups is 4. The van der Waals surface area contributed by atoms with Gasteiger partial charge in [-0.2, -0.15) is 0 Å².